The molecule has 0 aliphatic rings. The Bertz CT molecular complexity index is 972. The number of aromatic nitrogens is 3. The van der Waals surface area contributed by atoms with Crippen LogP contribution in [0, 0.1) is 6.92 Å². The van der Waals surface area contributed by atoms with Gasteiger partial charge in [0.25, 0.3) is 5.56 Å². The molecule has 1 aromatic carbocycles. The molecule has 0 aliphatic carbocycles. The van der Waals surface area contributed by atoms with Gasteiger partial charge in [0.1, 0.15) is 0 Å². The standard InChI is InChI=1S/C20H22N4O2/c1-3-12-23(13-10-16-7-5-4-6-8-16)19(25)14-17-15(2)22-18-9-11-21-24(18)20(17)26/h3-9,11,21H,1,10,12-14H2,2H3. The molecule has 2 heterocycles. The van der Waals surface area contributed by atoms with Crippen molar-refractivity contribution in [2.75, 3.05) is 13.1 Å². The molecule has 134 valence electrons. The number of hydrogen-bond acceptors (Lipinski definition) is 3. The Morgan fingerprint density at radius 1 is 1.31 bits per heavy atom. The van der Waals surface area contributed by atoms with Crippen molar-refractivity contribution in [1.82, 2.24) is 19.5 Å². The second-order valence-electron chi connectivity index (χ2n) is 6.18. The van der Waals surface area contributed by atoms with Crippen LogP contribution in [-0.2, 0) is 17.6 Å². The predicted molar refractivity (Wildman–Crippen MR) is 101 cm³/mol. The van der Waals surface area contributed by atoms with E-state index in [-0.39, 0.29) is 17.9 Å². The predicted octanol–water partition coefficient (Wildman–Crippen LogP) is 2.13. The van der Waals surface area contributed by atoms with Gasteiger partial charge in [-0.1, -0.05) is 36.4 Å². The summed E-state index contributed by atoms with van der Waals surface area (Å²) in [7, 11) is 0. The summed E-state index contributed by atoms with van der Waals surface area (Å²) >= 11 is 0. The first kappa shape index (κ1) is 17.7. The average Bonchev–Trinajstić information content (AvgIpc) is 3.11. The Morgan fingerprint density at radius 2 is 2.08 bits per heavy atom. The Morgan fingerprint density at radius 3 is 2.81 bits per heavy atom. The van der Waals surface area contributed by atoms with E-state index in [2.05, 4.69) is 16.7 Å². The molecule has 0 saturated carbocycles. The Balaban J connectivity index is 1.77. The number of nitrogens with one attached hydrogen (secondary N) is 1. The third kappa shape index (κ3) is 3.74. The highest BCUT2D eigenvalue weighted by Gasteiger charge is 2.18. The van der Waals surface area contributed by atoms with Gasteiger partial charge >= 0.3 is 0 Å². The summed E-state index contributed by atoms with van der Waals surface area (Å²) < 4.78 is 1.36. The molecule has 0 radical (unpaired) electrons. The van der Waals surface area contributed by atoms with Gasteiger partial charge in [-0.2, -0.15) is 0 Å². The number of fused-ring (bicyclic) bond motifs is 1. The number of aromatic amines is 1. The Hall–Kier alpha value is -3.15. The first-order valence-corrected chi connectivity index (χ1v) is 8.58. The third-order valence-corrected chi connectivity index (χ3v) is 4.39. The topological polar surface area (TPSA) is 70.5 Å². The van der Waals surface area contributed by atoms with E-state index >= 15 is 0 Å². The molecule has 6 nitrogen and oxygen atoms in total. The number of carbonyl (C=O) groups is 1. The number of carbonyl (C=O) groups excluding carboxylic acids is 1. The molecule has 2 aromatic heterocycles. The lowest BCUT2D eigenvalue weighted by atomic mass is 10.1. The van der Waals surface area contributed by atoms with Crippen LogP contribution in [0.5, 0.6) is 0 Å². The van der Waals surface area contributed by atoms with Gasteiger partial charge in [-0.25, -0.2) is 9.50 Å². The third-order valence-electron chi connectivity index (χ3n) is 4.39. The molecule has 0 fully saturated rings. The molecule has 1 N–H and O–H groups in total. The lowest BCUT2D eigenvalue weighted by Gasteiger charge is -2.21. The smallest absolute Gasteiger partial charge is 0.276 e. The van der Waals surface area contributed by atoms with Gasteiger partial charge in [-0.15, -0.1) is 6.58 Å². The van der Waals surface area contributed by atoms with E-state index in [0.717, 1.165) is 6.42 Å². The van der Waals surface area contributed by atoms with Crippen molar-refractivity contribution in [2.45, 2.75) is 19.8 Å². The zero-order chi connectivity index (χ0) is 18.5. The molecule has 0 spiro atoms. The zero-order valence-corrected chi connectivity index (χ0v) is 14.8. The minimum Gasteiger partial charge on any atom is -0.338 e. The fourth-order valence-corrected chi connectivity index (χ4v) is 2.95. The van der Waals surface area contributed by atoms with E-state index in [1.165, 1.54) is 10.1 Å². The van der Waals surface area contributed by atoms with Gasteiger partial charge < -0.3 is 4.90 Å². The molecule has 1 amide bonds. The number of hydrogen-bond donors (Lipinski definition) is 1. The molecule has 26 heavy (non-hydrogen) atoms. The molecular weight excluding hydrogens is 328 g/mol. The molecular formula is C20H22N4O2. The van der Waals surface area contributed by atoms with E-state index in [1.54, 1.807) is 30.2 Å². The minimum atomic E-state index is -0.229. The summed E-state index contributed by atoms with van der Waals surface area (Å²) in [6.45, 7) is 6.53. The quantitative estimate of drug-likeness (QED) is 0.664. The zero-order valence-electron chi connectivity index (χ0n) is 14.8. The SMILES string of the molecule is C=CCN(CCc1ccccc1)C(=O)Cc1c(C)nc2cc[nH]n2c1=O. The van der Waals surface area contributed by atoms with Crippen LogP contribution in [0.3, 0.4) is 0 Å². The van der Waals surface area contributed by atoms with Crippen LogP contribution < -0.4 is 5.56 Å². The second-order valence-corrected chi connectivity index (χ2v) is 6.18. The van der Waals surface area contributed by atoms with Crippen LogP contribution >= 0.6 is 0 Å². The van der Waals surface area contributed by atoms with Crippen LogP contribution in [0.25, 0.3) is 5.65 Å². The maximum Gasteiger partial charge on any atom is 0.276 e. The van der Waals surface area contributed by atoms with Gasteiger partial charge in [0.2, 0.25) is 5.91 Å². The summed E-state index contributed by atoms with van der Waals surface area (Å²) in [5.41, 5.74) is 2.50. The Kier molecular flexibility index (Phi) is 5.31. The lowest BCUT2D eigenvalue weighted by Crippen LogP contribution is -2.36. The summed E-state index contributed by atoms with van der Waals surface area (Å²) in [5, 5.41) is 2.83. The first-order chi connectivity index (χ1) is 12.6. The van der Waals surface area contributed by atoms with Crippen LogP contribution in [0.4, 0.5) is 0 Å². The van der Waals surface area contributed by atoms with Crippen molar-refractivity contribution in [3.63, 3.8) is 0 Å². The highest BCUT2D eigenvalue weighted by Crippen LogP contribution is 2.07. The first-order valence-electron chi connectivity index (χ1n) is 8.58. The minimum absolute atomic E-state index is 0.0300. The molecule has 0 atom stereocenters. The number of H-pyrrole nitrogens is 1. The van der Waals surface area contributed by atoms with Crippen LogP contribution in [0.1, 0.15) is 16.8 Å². The lowest BCUT2D eigenvalue weighted by molar-refractivity contribution is -0.130. The normalized spacial score (nSPS) is 10.8. The highest BCUT2D eigenvalue weighted by atomic mass is 16.2. The van der Waals surface area contributed by atoms with E-state index in [9.17, 15) is 9.59 Å². The van der Waals surface area contributed by atoms with Crippen molar-refractivity contribution >= 4 is 11.6 Å². The number of aryl methyl sites for hydroxylation is 1. The van der Waals surface area contributed by atoms with Crippen LogP contribution in [0.15, 0.2) is 60.0 Å². The number of nitrogens with zero attached hydrogens (tertiary/aromatic N) is 3. The second kappa shape index (κ2) is 7.82. The number of amides is 1. The molecule has 3 rings (SSSR count). The maximum atomic E-state index is 12.8. The number of rotatable bonds is 7. The van der Waals surface area contributed by atoms with Crippen molar-refractivity contribution in [2.24, 2.45) is 0 Å². The van der Waals surface area contributed by atoms with Crippen molar-refractivity contribution < 1.29 is 4.79 Å². The van der Waals surface area contributed by atoms with E-state index in [4.69, 9.17) is 0 Å². The summed E-state index contributed by atoms with van der Waals surface area (Å²) in [4.78, 5) is 31.5. The van der Waals surface area contributed by atoms with Crippen molar-refractivity contribution in [3.05, 3.63) is 82.4 Å². The van der Waals surface area contributed by atoms with Gasteiger partial charge in [-0.05, 0) is 18.9 Å². The fourth-order valence-electron chi connectivity index (χ4n) is 2.95. The van der Waals surface area contributed by atoms with Crippen LogP contribution in [0.2, 0.25) is 0 Å². The highest BCUT2D eigenvalue weighted by molar-refractivity contribution is 5.79. The molecule has 0 saturated heterocycles. The molecule has 0 unspecified atom stereocenters. The van der Waals surface area contributed by atoms with E-state index in [1.807, 2.05) is 30.3 Å². The van der Waals surface area contributed by atoms with Crippen molar-refractivity contribution in [3.8, 4) is 0 Å². The number of benzene rings is 1. The fraction of sp³-hybridized carbons (Fsp3) is 0.250. The van der Waals surface area contributed by atoms with Gasteiger partial charge in [-0.3, -0.25) is 14.7 Å². The summed E-state index contributed by atoms with van der Waals surface area (Å²) in [6, 6.07) is 11.7. The summed E-state index contributed by atoms with van der Waals surface area (Å²) in [5.74, 6) is -0.102. The molecule has 0 aliphatic heterocycles. The van der Waals surface area contributed by atoms with Gasteiger partial charge in [0.05, 0.1) is 6.42 Å². The monoisotopic (exact) mass is 350 g/mol. The van der Waals surface area contributed by atoms with Crippen molar-refractivity contribution in [1.29, 1.82) is 0 Å². The Labute approximate surface area is 151 Å². The van der Waals surface area contributed by atoms with Crippen LogP contribution in [-0.4, -0.2) is 38.5 Å². The van der Waals surface area contributed by atoms with Gasteiger partial charge in [0, 0.05) is 36.6 Å². The molecule has 0 bridgehead atoms. The van der Waals surface area contributed by atoms with Gasteiger partial charge in [0.15, 0.2) is 5.65 Å². The van der Waals surface area contributed by atoms with E-state index < -0.39 is 0 Å². The maximum absolute atomic E-state index is 12.8. The molecule has 3 aromatic rings. The average molecular weight is 350 g/mol. The van der Waals surface area contributed by atoms with E-state index in [0.29, 0.717) is 30.0 Å². The summed E-state index contributed by atoms with van der Waals surface area (Å²) in [6.07, 6.45) is 4.14. The largest absolute Gasteiger partial charge is 0.338 e. The molecule has 6 heteroatoms.